The van der Waals surface area contributed by atoms with E-state index in [9.17, 15) is 5.11 Å². The number of hydrogen-bond donors (Lipinski definition) is 1. The fourth-order valence-electron chi connectivity index (χ4n) is 2.44. The van der Waals surface area contributed by atoms with Crippen molar-refractivity contribution in [3.8, 4) is 23.0 Å². The normalized spacial score (nSPS) is 18.6. The fourth-order valence-corrected chi connectivity index (χ4v) is 2.44. The summed E-state index contributed by atoms with van der Waals surface area (Å²) in [4.78, 5) is 4.33. The number of rotatable bonds is 4. The molecule has 1 aromatic carbocycles. The van der Waals surface area contributed by atoms with Crippen molar-refractivity contribution in [1.82, 2.24) is 10.1 Å². The topological polar surface area (TPSA) is 77.6 Å². The number of benzene rings is 1. The maximum atomic E-state index is 9.97. The van der Waals surface area contributed by atoms with Gasteiger partial charge in [-0.25, -0.2) is 0 Å². The Morgan fingerprint density at radius 3 is 3.00 bits per heavy atom. The highest BCUT2D eigenvalue weighted by molar-refractivity contribution is 5.63. The van der Waals surface area contributed by atoms with Gasteiger partial charge in [0.25, 0.3) is 5.89 Å². The zero-order valence-corrected chi connectivity index (χ0v) is 11.9. The summed E-state index contributed by atoms with van der Waals surface area (Å²) < 4.78 is 15.9. The summed E-state index contributed by atoms with van der Waals surface area (Å²) in [5.41, 5.74) is 0.499. The third-order valence-corrected chi connectivity index (χ3v) is 3.59. The van der Waals surface area contributed by atoms with E-state index in [1.54, 1.807) is 19.2 Å². The van der Waals surface area contributed by atoms with E-state index in [1.165, 1.54) is 12.5 Å². The van der Waals surface area contributed by atoms with Gasteiger partial charge >= 0.3 is 0 Å². The van der Waals surface area contributed by atoms with Crippen LogP contribution in [0, 0.1) is 0 Å². The van der Waals surface area contributed by atoms with Crippen LogP contribution in [0.25, 0.3) is 11.5 Å². The van der Waals surface area contributed by atoms with E-state index in [0.717, 1.165) is 19.4 Å². The van der Waals surface area contributed by atoms with Crippen LogP contribution in [-0.4, -0.2) is 35.1 Å². The van der Waals surface area contributed by atoms with Crippen LogP contribution in [0.1, 0.15) is 25.1 Å². The number of phenolic OH excluding ortho intramolecular Hbond substituents is 1. The summed E-state index contributed by atoms with van der Waals surface area (Å²) in [6, 6.07) is 4.95. The molecule has 2 aromatic rings. The highest BCUT2D eigenvalue weighted by atomic mass is 16.5. The molecule has 0 bridgehead atoms. The van der Waals surface area contributed by atoms with Gasteiger partial charge in [0.05, 0.1) is 18.8 Å². The average Bonchev–Trinajstić information content (AvgIpc) is 2.96. The van der Waals surface area contributed by atoms with Crippen LogP contribution in [0.5, 0.6) is 11.5 Å². The molecule has 1 atom stereocenters. The standard InChI is InChI=1S/C15H18N2O4/c1-19-10-5-6-12(13(18)8-10)15-16-14(17-21-15)9-11-4-2-3-7-20-11/h5-6,8,11,18H,2-4,7,9H2,1H3. The third kappa shape index (κ3) is 3.16. The number of nitrogens with zero attached hydrogens (tertiary/aromatic N) is 2. The predicted molar refractivity (Wildman–Crippen MR) is 75.2 cm³/mol. The van der Waals surface area contributed by atoms with Crippen LogP contribution in [0.2, 0.25) is 0 Å². The molecule has 1 aromatic heterocycles. The summed E-state index contributed by atoms with van der Waals surface area (Å²) in [6.07, 6.45) is 4.12. The number of methoxy groups -OCH3 is 1. The molecule has 0 saturated carbocycles. The van der Waals surface area contributed by atoms with E-state index in [0.29, 0.717) is 29.4 Å². The number of hydrogen-bond acceptors (Lipinski definition) is 6. The Labute approximate surface area is 122 Å². The van der Waals surface area contributed by atoms with Gasteiger partial charge in [0.15, 0.2) is 5.82 Å². The summed E-state index contributed by atoms with van der Waals surface area (Å²) in [5.74, 6) is 1.54. The zero-order valence-electron chi connectivity index (χ0n) is 11.9. The minimum Gasteiger partial charge on any atom is -0.507 e. The first-order valence-corrected chi connectivity index (χ1v) is 7.08. The molecule has 21 heavy (non-hydrogen) atoms. The number of phenols is 1. The molecule has 1 aliphatic heterocycles. The first-order chi connectivity index (χ1) is 10.3. The molecule has 0 radical (unpaired) electrons. The second-order valence-electron chi connectivity index (χ2n) is 5.09. The van der Waals surface area contributed by atoms with Crippen LogP contribution >= 0.6 is 0 Å². The van der Waals surface area contributed by atoms with Crippen LogP contribution in [0.15, 0.2) is 22.7 Å². The highest BCUT2D eigenvalue weighted by Crippen LogP contribution is 2.31. The molecule has 2 heterocycles. The number of ether oxygens (including phenoxy) is 2. The maximum Gasteiger partial charge on any atom is 0.261 e. The monoisotopic (exact) mass is 290 g/mol. The number of aromatic hydroxyl groups is 1. The Bertz CT molecular complexity index is 605. The van der Waals surface area contributed by atoms with Gasteiger partial charge < -0.3 is 19.1 Å². The lowest BCUT2D eigenvalue weighted by atomic mass is 10.1. The Kier molecular flexibility index (Phi) is 4.06. The lowest BCUT2D eigenvalue weighted by Gasteiger charge is -2.20. The summed E-state index contributed by atoms with van der Waals surface area (Å²) in [5, 5.41) is 13.9. The van der Waals surface area contributed by atoms with E-state index in [2.05, 4.69) is 10.1 Å². The molecule has 0 aliphatic carbocycles. The van der Waals surface area contributed by atoms with Crippen LogP contribution in [0.3, 0.4) is 0 Å². The molecule has 1 saturated heterocycles. The summed E-state index contributed by atoms with van der Waals surface area (Å²) in [6.45, 7) is 0.800. The van der Waals surface area contributed by atoms with Gasteiger partial charge in [0.1, 0.15) is 11.5 Å². The minimum absolute atomic E-state index is 0.0541. The van der Waals surface area contributed by atoms with Crippen molar-refractivity contribution < 1.29 is 19.1 Å². The Morgan fingerprint density at radius 2 is 2.29 bits per heavy atom. The van der Waals surface area contributed by atoms with Gasteiger partial charge in [-0.2, -0.15) is 4.98 Å². The van der Waals surface area contributed by atoms with E-state index in [1.807, 2.05) is 0 Å². The predicted octanol–water partition coefficient (Wildman–Crippen LogP) is 2.56. The second-order valence-corrected chi connectivity index (χ2v) is 5.09. The van der Waals surface area contributed by atoms with Crippen molar-refractivity contribution in [3.05, 3.63) is 24.0 Å². The van der Waals surface area contributed by atoms with E-state index >= 15 is 0 Å². The molecule has 1 aliphatic rings. The second kappa shape index (κ2) is 6.13. The molecule has 6 heteroatoms. The van der Waals surface area contributed by atoms with Crippen molar-refractivity contribution in [3.63, 3.8) is 0 Å². The van der Waals surface area contributed by atoms with Crippen LogP contribution < -0.4 is 4.74 Å². The SMILES string of the molecule is COc1ccc(-c2nc(CC3CCCCO3)no2)c(O)c1. The van der Waals surface area contributed by atoms with Crippen molar-refractivity contribution in [2.75, 3.05) is 13.7 Å². The van der Waals surface area contributed by atoms with E-state index < -0.39 is 0 Å². The molecule has 6 nitrogen and oxygen atoms in total. The smallest absolute Gasteiger partial charge is 0.261 e. The molecular formula is C15H18N2O4. The Balaban J connectivity index is 1.75. The number of aromatic nitrogens is 2. The first-order valence-electron chi connectivity index (χ1n) is 7.08. The van der Waals surface area contributed by atoms with Gasteiger partial charge in [-0.1, -0.05) is 5.16 Å². The molecule has 1 fully saturated rings. The summed E-state index contributed by atoms with van der Waals surface area (Å²) >= 11 is 0. The zero-order chi connectivity index (χ0) is 14.7. The molecule has 1 unspecified atom stereocenters. The minimum atomic E-state index is 0.0541. The van der Waals surface area contributed by atoms with Gasteiger partial charge in [-0.05, 0) is 31.4 Å². The quantitative estimate of drug-likeness (QED) is 0.932. The van der Waals surface area contributed by atoms with Crippen molar-refractivity contribution in [2.24, 2.45) is 0 Å². The molecular weight excluding hydrogens is 272 g/mol. The lowest BCUT2D eigenvalue weighted by Crippen LogP contribution is -2.21. The molecule has 3 rings (SSSR count). The maximum absolute atomic E-state index is 9.97. The van der Waals surface area contributed by atoms with Crippen molar-refractivity contribution >= 4 is 0 Å². The van der Waals surface area contributed by atoms with Gasteiger partial charge in [0, 0.05) is 19.1 Å². The Hall–Kier alpha value is -2.08. The largest absolute Gasteiger partial charge is 0.507 e. The van der Waals surface area contributed by atoms with Crippen molar-refractivity contribution in [1.29, 1.82) is 0 Å². The van der Waals surface area contributed by atoms with E-state index in [-0.39, 0.29) is 11.9 Å². The van der Waals surface area contributed by atoms with E-state index in [4.69, 9.17) is 14.0 Å². The van der Waals surface area contributed by atoms with Crippen molar-refractivity contribution in [2.45, 2.75) is 31.8 Å². The first kappa shape index (κ1) is 13.9. The average molecular weight is 290 g/mol. The molecule has 1 N–H and O–H groups in total. The Morgan fingerprint density at radius 1 is 1.38 bits per heavy atom. The lowest BCUT2D eigenvalue weighted by molar-refractivity contribution is 0.0153. The van der Waals surface area contributed by atoms with Crippen LogP contribution in [0.4, 0.5) is 0 Å². The van der Waals surface area contributed by atoms with Crippen LogP contribution in [-0.2, 0) is 11.2 Å². The molecule has 0 amide bonds. The van der Waals surface area contributed by atoms with Gasteiger partial charge in [0.2, 0.25) is 0 Å². The molecule has 0 spiro atoms. The fraction of sp³-hybridized carbons (Fsp3) is 0.467. The van der Waals surface area contributed by atoms with Gasteiger partial charge in [-0.3, -0.25) is 0 Å². The third-order valence-electron chi connectivity index (χ3n) is 3.59. The highest BCUT2D eigenvalue weighted by Gasteiger charge is 2.19. The van der Waals surface area contributed by atoms with Gasteiger partial charge in [-0.15, -0.1) is 0 Å². The summed E-state index contributed by atoms with van der Waals surface area (Å²) in [7, 11) is 1.55. The molecule has 112 valence electrons.